The molecule has 23 heavy (non-hydrogen) atoms. The number of hydrogen-bond donors (Lipinski definition) is 1. The Balaban J connectivity index is 1.83. The number of amidine groups is 1. The highest BCUT2D eigenvalue weighted by Gasteiger charge is 2.24. The highest BCUT2D eigenvalue weighted by Crippen LogP contribution is 2.28. The fourth-order valence-electron chi connectivity index (χ4n) is 1.87. The van der Waals surface area contributed by atoms with E-state index in [1.807, 2.05) is 6.07 Å². The van der Waals surface area contributed by atoms with Crippen LogP contribution in [-0.4, -0.2) is 21.0 Å². The molecule has 1 N–H and O–H groups in total. The molecule has 1 aliphatic rings. The molecule has 2 aromatic rings. The number of amides is 1. The molecule has 0 bridgehead atoms. The van der Waals surface area contributed by atoms with E-state index in [2.05, 4.69) is 15.3 Å². The van der Waals surface area contributed by atoms with E-state index in [0.29, 0.717) is 21.5 Å². The molecule has 0 spiro atoms. The van der Waals surface area contributed by atoms with E-state index in [-0.39, 0.29) is 11.6 Å². The van der Waals surface area contributed by atoms with E-state index < -0.39 is 4.92 Å². The number of thioether (sulfide) groups is 1. The molecule has 114 valence electrons. The summed E-state index contributed by atoms with van der Waals surface area (Å²) in [6.07, 6.45) is 3.30. The second kappa shape index (κ2) is 6.41. The molecule has 0 atom stereocenters. The zero-order valence-corrected chi connectivity index (χ0v) is 12.5. The van der Waals surface area contributed by atoms with Crippen molar-refractivity contribution in [3.05, 3.63) is 69.4 Å². The van der Waals surface area contributed by atoms with Crippen molar-refractivity contribution in [1.29, 1.82) is 0 Å². The number of nitro groups is 1. The molecule has 0 radical (unpaired) electrons. The molecule has 1 aromatic heterocycles. The lowest BCUT2D eigenvalue weighted by atomic mass is 10.3. The van der Waals surface area contributed by atoms with Crippen molar-refractivity contribution >= 4 is 40.3 Å². The first-order valence-corrected chi connectivity index (χ1v) is 7.38. The van der Waals surface area contributed by atoms with Crippen LogP contribution in [-0.2, 0) is 4.79 Å². The Kier molecular flexibility index (Phi) is 4.15. The average molecular weight is 326 g/mol. The second-order valence-electron chi connectivity index (χ2n) is 4.51. The molecule has 1 amide bonds. The van der Waals surface area contributed by atoms with Gasteiger partial charge in [0, 0.05) is 18.3 Å². The standard InChI is InChI=1S/C15H10N4O3S/c20-14-13(9-10-4-1-2-7-16-10)23-15(18-14)17-11-5-3-6-12(8-11)19(21)22/h1-9H,(H,17,18,20)/b13-9+. The molecule has 1 fully saturated rings. The van der Waals surface area contributed by atoms with Gasteiger partial charge in [0.05, 0.1) is 21.2 Å². The van der Waals surface area contributed by atoms with E-state index in [0.717, 1.165) is 11.8 Å². The summed E-state index contributed by atoms with van der Waals surface area (Å²) < 4.78 is 0. The first-order valence-electron chi connectivity index (χ1n) is 6.57. The number of nitrogens with one attached hydrogen (secondary N) is 1. The number of carbonyl (C=O) groups is 1. The third kappa shape index (κ3) is 3.61. The number of aromatic nitrogens is 1. The largest absolute Gasteiger partial charge is 0.300 e. The number of aliphatic imine (C=N–C) groups is 1. The number of non-ortho nitro benzene ring substituents is 1. The summed E-state index contributed by atoms with van der Waals surface area (Å²) in [5, 5.41) is 13.8. The molecule has 3 rings (SSSR count). The summed E-state index contributed by atoms with van der Waals surface area (Å²) in [5.74, 6) is -0.273. The fourth-order valence-corrected chi connectivity index (χ4v) is 2.70. The van der Waals surface area contributed by atoms with E-state index in [9.17, 15) is 14.9 Å². The monoisotopic (exact) mass is 326 g/mol. The highest BCUT2D eigenvalue weighted by atomic mass is 32.2. The van der Waals surface area contributed by atoms with Gasteiger partial charge in [0.15, 0.2) is 5.17 Å². The predicted molar refractivity (Wildman–Crippen MR) is 88.1 cm³/mol. The van der Waals surface area contributed by atoms with Crippen LogP contribution in [0.3, 0.4) is 0 Å². The summed E-state index contributed by atoms with van der Waals surface area (Å²) >= 11 is 1.16. The Bertz CT molecular complexity index is 834. The molecule has 1 aromatic carbocycles. The molecular formula is C15H10N4O3S. The fraction of sp³-hybridized carbons (Fsp3) is 0. The third-order valence-corrected chi connectivity index (χ3v) is 3.80. The Morgan fingerprint density at radius 2 is 2.13 bits per heavy atom. The van der Waals surface area contributed by atoms with Crippen LogP contribution in [0.2, 0.25) is 0 Å². The number of hydrogen-bond acceptors (Lipinski definition) is 6. The van der Waals surface area contributed by atoms with Gasteiger partial charge in [-0.05, 0) is 36.0 Å². The molecule has 0 saturated carbocycles. The molecule has 1 aliphatic heterocycles. The third-order valence-electron chi connectivity index (χ3n) is 2.89. The van der Waals surface area contributed by atoms with Crippen molar-refractivity contribution in [2.75, 3.05) is 0 Å². The lowest BCUT2D eigenvalue weighted by molar-refractivity contribution is -0.384. The minimum absolute atomic E-state index is 0.0505. The Hall–Kier alpha value is -3.00. The molecule has 1 saturated heterocycles. The van der Waals surface area contributed by atoms with Crippen molar-refractivity contribution in [2.24, 2.45) is 4.99 Å². The van der Waals surface area contributed by atoms with Gasteiger partial charge in [-0.3, -0.25) is 19.9 Å². The number of carbonyl (C=O) groups excluding carboxylic acids is 1. The van der Waals surface area contributed by atoms with E-state index in [4.69, 9.17) is 0 Å². The van der Waals surface area contributed by atoms with Crippen molar-refractivity contribution in [1.82, 2.24) is 10.3 Å². The van der Waals surface area contributed by atoms with Crippen LogP contribution in [0.4, 0.5) is 11.4 Å². The first kappa shape index (κ1) is 14.9. The summed E-state index contributed by atoms with van der Waals surface area (Å²) in [7, 11) is 0. The number of rotatable bonds is 3. The molecule has 0 unspecified atom stereocenters. The van der Waals surface area contributed by atoms with Gasteiger partial charge in [-0.2, -0.15) is 0 Å². The SMILES string of the molecule is O=C1NC(=Nc2cccc([N+](=O)[O-])c2)S/C1=C/c1ccccn1. The molecule has 2 heterocycles. The number of pyridine rings is 1. The normalized spacial score (nSPS) is 17.5. The van der Waals surface area contributed by atoms with Crippen LogP contribution in [0.15, 0.2) is 58.6 Å². The number of benzene rings is 1. The van der Waals surface area contributed by atoms with Gasteiger partial charge in [0.25, 0.3) is 11.6 Å². The van der Waals surface area contributed by atoms with Gasteiger partial charge in [0.2, 0.25) is 0 Å². The zero-order valence-electron chi connectivity index (χ0n) is 11.7. The van der Waals surface area contributed by atoms with Gasteiger partial charge in [0.1, 0.15) is 0 Å². The van der Waals surface area contributed by atoms with Crippen LogP contribution >= 0.6 is 11.8 Å². The van der Waals surface area contributed by atoms with Gasteiger partial charge < -0.3 is 5.32 Å². The van der Waals surface area contributed by atoms with Gasteiger partial charge in [-0.1, -0.05) is 12.1 Å². The molecule has 0 aliphatic carbocycles. The van der Waals surface area contributed by atoms with Crippen molar-refractivity contribution in [3.63, 3.8) is 0 Å². The van der Waals surface area contributed by atoms with Crippen LogP contribution in [0, 0.1) is 10.1 Å². The minimum Gasteiger partial charge on any atom is -0.300 e. The summed E-state index contributed by atoms with van der Waals surface area (Å²) in [6, 6.07) is 11.3. The van der Waals surface area contributed by atoms with Gasteiger partial charge in [-0.15, -0.1) is 0 Å². The molecular weight excluding hydrogens is 316 g/mol. The topological polar surface area (TPSA) is 97.5 Å². The lowest BCUT2D eigenvalue weighted by Gasteiger charge is -1.96. The summed E-state index contributed by atoms with van der Waals surface area (Å²) in [4.78, 5) is 31.0. The average Bonchev–Trinajstić information content (AvgIpc) is 2.88. The maximum Gasteiger partial charge on any atom is 0.271 e. The zero-order chi connectivity index (χ0) is 16.2. The van der Waals surface area contributed by atoms with Gasteiger partial charge >= 0.3 is 0 Å². The minimum atomic E-state index is -0.490. The van der Waals surface area contributed by atoms with E-state index in [1.54, 1.807) is 36.5 Å². The quantitative estimate of drug-likeness (QED) is 0.531. The maximum atomic E-state index is 11.9. The number of nitrogens with zero attached hydrogens (tertiary/aromatic N) is 3. The van der Waals surface area contributed by atoms with Crippen molar-refractivity contribution in [3.8, 4) is 0 Å². The van der Waals surface area contributed by atoms with Crippen LogP contribution < -0.4 is 5.32 Å². The molecule has 7 nitrogen and oxygen atoms in total. The predicted octanol–water partition coefficient (Wildman–Crippen LogP) is 2.88. The first-order chi connectivity index (χ1) is 11.1. The highest BCUT2D eigenvalue weighted by molar-refractivity contribution is 8.18. The van der Waals surface area contributed by atoms with Crippen LogP contribution in [0.1, 0.15) is 5.69 Å². The Morgan fingerprint density at radius 1 is 1.26 bits per heavy atom. The Morgan fingerprint density at radius 3 is 2.87 bits per heavy atom. The van der Waals surface area contributed by atoms with Crippen LogP contribution in [0.25, 0.3) is 6.08 Å². The second-order valence-corrected chi connectivity index (χ2v) is 5.54. The summed E-state index contributed by atoms with van der Waals surface area (Å²) in [6.45, 7) is 0. The Labute approximate surface area is 135 Å². The number of nitro benzene ring substituents is 1. The van der Waals surface area contributed by atoms with Gasteiger partial charge in [-0.25, -0.2) is 4.99 Å². The maximum absolute atomic E-state index is 11.9. The van der Waals surface area contributed by atoms with Crippen LogP contribution in [0.5, 0.6) is 0 Å². The van der Waals surface area contributed by atoms with Crippen molar-refractivity contribution < 1.29 is 9.72 Å². The van der Waals surface area contributed by atoms with E-state index >= 15 is 0 Å². The molecule has 8 heteroatoms. The van der Waals surface area contributed by atoms with Crippen molar-refractivity contribution in [2.45, 2.75) is 0 Å². The van der Waals surface area contributed by atoms with E-state index in [1.165, 1.54) is 12.1 Å². The summed E-state index contributed by atoms with van der Waals surface area (Å²) in [5.41, 5.74) is 1.02. The smallest absolute Gasteiger partial charge is 0.271 e. The lowest BCUT2D eigenvalue weighted by Crippen LogP contribution is -2.19.